The third-order valence-corrected chi connectivity index (χ3v) is 6.54. The summed E-state index contributed by atoms with van der Waals surface area (Å²) in [7, 11) is 0. The summed E-state index contributed by atoms with van der Waals surface area (Å²) in [5, 5.41) is 24.7. The molecule has 0 fully saturated rings. The maximum absolute atomic E-state index is 13.3. The molecule has 0 bridgehead atoms. The van der Waals surface area contributed by atoms with Gasteiger partial charge in [0.2, 0.25) is 0 Å². The molecule has 156 valence electrons. The fraction of sp³-hybridized carbons (Fsp3) is 0. The zero-order valence-electron chi connectivity index (χ0n) is 18.0. The van der Waals surface area contributed by atoms with Crippen molar-refractivity contribution in [1.29, 1.82) is 10.5 Å². The fourth-order valence-electron chi connectivity index (χ4n) is 5.16. The van der Waals surface area contributed by atoms with Gasteiger partial charge in [-0.25, -0.2) is 0 Å². The molecule has 0 amide bonds. The lowest BCUT2D eigenvalue weighted by molar-refractivity contribution is 0.103. The highest BCUT2D eigenvalue weighted by Crippen LogP contribution is 2.35. The second kappa shape index (κ2) is 7.55. The molecule has 0 saturated carbocycles. The maximum atomic E-state index is 13.3. The summed E-state index contributed by atoms with van der Waals surface area (Å²) in [5.41, 5.74) is 4.20. The van der Waals surface area contributed by atoms with E-state index in [4.69, 9.17) is 0 Å². The van der Waals surface area contributed by atoms with Crippen LogP contribution in [-0.4, -0.2) is 5.78 Å². The summed E-state index contributed by atoms with van der Waals surface area (Å²) in [4.78, 5) is 13.3. The largest absolute Gasteiger partial charge is 0.289 e. The van der Waals surface area contributed by atoms with E-state index in [1.807, 2.05) is 97.1 Å². The number of fused-ring (bicyclic) bond motifs is 4. The molecule has 0 heterocycles. The number of nitriles is 2. The standard InChI is InChI=1S/C31H16N2O/c32-17-19(18-33)28-20-9-1-3-11-22(20)29(23-12-4-2-10-21(23)28)30-24-13-5-7-15-26(24)31(34)27-16-8-6-14-25(27)30/h1-16H. The van der Waals surface area contributed by atoms with E-state index in [-0.39, 0.29) is 11.4 Å². The molecule has 0 spiro atoms. The molecule has 3 nitrogen and oxygen atoms in total. The van der Waals surface area contributed by atoms with Crippen LogP contribution in [0.4, 0.5) is 0 Å². The van der Waals surface area contributed by atoms with E-state index in [9.17, 15) is 15.3 Å². The van der Waals surface area contributed by atoms with Crippen LogP contribution in [0.1, 0.15) is 27.0 Å². The zero-order chi connectivity index (χ0) is 23.2. The number of ketones is 1. The van der Waals surface area contributed by atoms with Crippen molar-refractivity contribution in [3.63, 3.8) is 0 Å². The van der Waals surface area contributed by atoms with Gasteiger partial charge in [-0.05, 0) is 43.5 Å². The van der Waals surface area contributed by atoms with Crippen molar-refractivity contribution in [1.82, 2.24) is 0 Å². The van der Waals surface area contributed by atoms with Crippen LogP contribution in [0.25, 0.3) is 32.7 Å². The zero-order valence-corrected chi connectivity index (χ0v) is 18.0. The summed E-state index contributed by atoms with van der Waals surface area (Å²) in [5.74, 6) is 0.0183. The van der Waals surface area contributed by atoms with Crippen LogP contribution in [-0.2, 0) is 0 Å². The van der Waals surface area contributed by atoms with E-state index in [0.717, 1.165) is 43.5 Å². The summed E-state index contributed by atoms with van der Waals surface area (Å²) in [6.07, 6.45) is 0. The van der Waals surface area contributed by atoms with E-state index < -0.39 is 0 Å². The number of carbonyl (C=O) groups is 1. The van der Waals surface area contributed by atoms with E-state index in [1.165, 1.54) is 0 Å². The normalized spacial score (nSPS) is 12.1. The Bertz CT molecular complexity index is 1770. The van der Waals surface area contributed by atoms with Gasteiger partial charge in [0.05, 0.1) is 0 Å². The van der Waals surface area contributed by atoms with Crippen molar-refractivity contribution in [3.8, 4) is 12.1 Å². The molecule has 1 aliphatic carbocycles. The summed E-state index contributed by atoms with van der Waals surface area (Å²) < 4.78 is 0. The highest BCUT2D eigenvalue weighted by molar-refractivity contribution is 6.20. The lowest BCUT2D eigenvalue weighted by atomic mass is 9.79. The van der Waals surface area contributed by atoms with Gasteiger partial charge in [-0.2, -0.15) is 10.5 Å². The topological polar surface area (TPSA) is 64.7 Å². The molecule has 0 saturated heterocycles. The Morgan fingerprint density at radius 2 is 0.912 bits per heavy atom. The molecule has 0 atom stereocenters. The summed E-state index contributed by atoms with van der Waals surface area (Å²) in [6.45, 7) is 0. The number of carbonyl (C=O) groups excluding carboxylic acids is 1. The molecule has 3 heteroatoms. The van der Waals surface area contributed by atoms with E-state index in [0.29, 0.717) is 16.3 Å². The third kappa shape index (κ3) is 2.65. The lowest BCUT2D eigenvalue weighted by Crippen LogP contribution is -2.23. The van der Waals surface area contributed by atoms with E-state index in [2.05, 4.69) is 12.1 Å². The van der Waals surface area contributed by atoms with Gasteiger partial charge >= 0.3 is 0 Å². The Labute approximate surface area is 195 Å². The van der Waals surface area contributed by atoms with Crippen molar-refractivity contribution < 1.29 is 4.79 Å². The van der Waals surface area contributed by atoms with Crippen LogP contribution in [0.3, 0.4) is 0 Å². The average molecular weight is 432 g/mol. The minimum absolute atomic E-state index is 0.0183. The quantitative estimate of drug-likeness (QED) is 0.318. The van der Waals surface area contributed by atoms with Crippen molar-refractivity contribution >= 4 is 38.5 Å². The Morgan fingerprint density at radius 3 is 1.35 bits per heavy atom. The van der Waals surface area contributed by atoms with Crippen LogP contribution < -0.4 is 10.4 Å². The van der Waals surface area contributed by atoms with Crippen LogP contribution in [0.5, 0.6) is 0 Å². The molecule has 1 aliphatic rings. The molecule has 0 aromatic heterocycles. The van der Waals surface area contributed by atoms with Crippen LogP contribution in [0.15, 0.2) is 97.1 Å². The van der Waals surface area contributed by atoms with Crippen molar-refractivity contribution in [3.05, 3.63) is 130 Å². The van der Waals surface area contributed by atoms with Gasteiger partial charge in [0.25, 0.3) is 0 Å². The van der Waals surface area contributed by atoms with E-state index in [1.54, 1.807) is 0 Å². The first-order valence-corrected chi connectivity index (χ1v) is 11.0. The first-order valence-electron chi connectivity index (χ1n) is 11.0. The molecule has 0 aliphatic heterocycles. The van der Waals surface area contributed by atoms with Crippen molar-refractivity contribution in [2.75, 3.05) is 0 Å². The summed E-state index contributed by atoms with van der Waals surface area (Å²) >= 11 is 0. The smallest absolute Gasteiger partial charge is 0.194 e. The lowest BCUT2D eigenvalue weighted by Gasteiger charge is -2.23. The number of hydrogen-bond acceptors (Lipinski definition) is 3. The minimum atomic E-state index is 0.0183. The molecule has 5 aromatic carbocycles. The molecule has 6 rings (SSSR count). The van der Waals surface area contributed by atoms with Gasteiger partial charge in [-0.3, -0.25) is 4.79 Å². The predicted molar refractivity (Wildman–Crippen MR) is 133 cm³/mol. The average Bonchev–Trinajstić information content (AvgIpc) is 2.90. The Kier molecular flexibility index (Phi) is 4.37. The minimum Gasteiger partial charge on any atom is -0.289 e. The molecule has 34 heavy (non-hydrogen) atoms. The monoisotopic (exact) mass is 432 g/mol. The fourth-order valence-corrected chi connectivity index (χ4v) is 5.16. The van der Waals surface area contributed by atoms with Gasteiger partial charge in [-0.1, -0.05) is 97.1 Å². The number of hydrogen-bond donors (Lipinski definition) is 0. The highest BCUT2D eigenvalue weighted by Gasteiger charge is 2.27. The Hall–Kier alpha value is -4.99. The molecule has 0 unspecified atom stereocenters. The molecule has 0 radical (unpaired) electrons. The van der Waals surface area contributed by atoms with Crippen LogP contribution >= 0.6 is 0 Å². The Morgan fingerprint density at radius 1 is 0.529 bits per heavy atom. The summed E-state index contributed by atoms with van der Waals surface area (Å²) in [6, 6.07) is 35.4. The van der Waals surface area contributed by atoms with Crippen molar-refractivity contribution in [2.45, 2.75) is 0 Å². The van der Waals surface area contributed by atoms with Gasteiger partial charge in [0.1, 0.15) is 17.7 Å². The molecular formula is C31H16N2O. The molecule has 5 aromatic rings. The number of rotatable bonds is 0. The maximum Gasteiger partial charge on any atom is 0.194 e. The number of benzene rings is 5. The second-order valence-corrected chi connectivity index (χ2v) is 8.24. The first-order chi connectivity index (χ1) is 16.7. The first kappa shape index (κ1) is 19.7. The molecular weight excluding hydrogens is 416 g/mol. The highest BCUT2D eigenvalue weighted by atomic mass is 16.1. The van der Waals surface area contributed by atoms with Crippen LogP contribution in [0, 0.1) is 22.7 Å². The SMILES string of the molecule is N#CC(C#N)=c1c2ccccc2c(=C2c3ccccc3C(=O)c3ccccc32)c2ccccc12. The third-order valence-electron chi connectivity index (χ3n) is 6.54. The van der Waals surface area contributed by atoms with Crippen LogP contribution in [0.2, 0.25) is 0 Å². The van der Waals surface area contributed by atoms with E-state index >= 15 is 0 Å². The van der Waals surface area contributed by atoms with Crippen molar-refractivity contribution in [2.24, 2.45) is 0 Å². The van der Waals surface area contributed by atoms with Gasteiger partial charge in [-0.15, -0.1) is 0 Å². The van der Waals surface area contributed by atoms with Gasteiger partial charge in [0, 0.05) is 16.3 Å². The van der Waals surface area contributed by atoms with Gasteiger partial charge < -0.3 is 0 Å². The predicted octanol–water partition coefficient (Wildman–Crippen LogP) is 4.98. The number of nitrogens with zero attached hydrogens (tertiary/aromatic N) is 2. The van der Waals surface area contributed by atoms with Gasteiger partial charge in [0.15, 0.2) is 5.78 Å². The second-order valence-electron chi connectivity index (χ2n) is 8.24. The molecule has 0 N–H and O–H groups in total. The Balaban J connectivity index is 2.03.